The first kappa shape index (κ1) is 20.9. The van der Waals surface area contributed by atoms with E-state index < -0.39 is 0 Å². The van der Waals surface area contributed by atoms with Gasteiger partial charge in [0.15, 0.2) is 11.0 Å². The predicted molar refractivity (Wildman–Crippen MR) is 114 cm³/mol. The van der Waals surface area contributed by atoms with Crippen molar-refractivity contribution in [2.24, 2.45) is 7.05 Å². The molecule has 0 spiro atoms. The van der Waals surface area contributed by atoms with Crippen molar-refractivity contribution in [1.29, 1.82) is 0 Å². The number of aryl methyl sites for hydroxylation is 1. The van der Waals surface area contributed by atoms with Crippen molar-refractivity contribution in [3.63, 3.8) is 0 Å². The molecule has 1 aromatic heterocycles. The average molecular weight is 430 g/mol. The van der Waals surface area contributed by atoms with Crippen LogP contribution < -0.4 is 10.6 Å². The third-order valence-electron chi connectivity index (χ3n) is 4.16. The molecule has 0 bridgehead atoms. The molecule has 0 atom stereocenters. The van der Waals surface area contributed by atoms with Gasteiger partial charge in [-0.15, -0.1) is 10.2 Å². The molecule has 150 valence electrons. The summed E-state index contributed by atoms with van der Waals surface area (Å²) in [5, 5.41) is 15.0. The molecule has 0 aliphatic carbocycles. The van der Waals surface area contributed by atoms with Crippen LogP contribution in [0.2, 0.25) is 5.02 Å². The number of halogens is 1. The van der Waals surface area contributed by atoms with Gasteiger partial charge in [-0.3, -0.25) is 9.59 Å². The number of hydrogen-bond donors (Lipinski definition) is 2. The van der Waals surface area contributed by atoms with Gasteiger partial charge in [-0.2, -0.15) is 0 Å². The highest BCUT2D eigenvalue weighted by Gasteiger charge is 2.13. The van der Waals surface area contributed by atoms with Crippen molar-refractivity contribution >= 4 is 40.9 Å². The van der Waals surface area contributed by atoms with E-state index in [-0.39, 0.29) is 24.1 Å². The molecule has 7 nitrogen and oxygen atoms in total. The minimum Gasteiger partial charge on any atom is -0.345 e. The van der Waals surface area contributed by atoms with Crippen molar-refractivity contribution < 1.29 is 9.59 Å². The number of carbonyl (C=O) groups excluding carboxylic acids is 2. The van der Waals surface area contributed by atoms with E-state index in [2.05, 4.69) is 20.8 Å². The van der Waals surface area contributed by atoms with Crippen molar-refractivity contribution in [3.8, 4) is 0 Å². The van der Waals surface area contributed by atoms with E-state index in [9.17, 15) is 9.59 Å². The molecule has 2 N–H and O–H groups in total. The molecule has 0 unspecified atom stereocenters. The van der Waals surface area contributed by atoms with E-state index >= 15 is 0 Å². The minimum atomic E-state index is -0.182. The molecule has 2 amide bonds. The number of nitrogens with zero attached hydrogens (tertiary/aromatic N) is 3. The number of carbonyl (C=O) groups is 2. The highest BCUT2D eigenvalue weighted by atomic mass is 35.5. The third kappa shape index (κ3) is 5.58. The summed E-state index contributed by atoms with van der Waals surface area (Å²) in [7, 11) is 1.80. The maximum atomic E-state index is 12.2. The van der Waals surface area contributed by atoms with E-state index in [0.29, 0.717) is 27.3 Å². The van der Waals surface area contributed by atoms with Crippen LogP contribution in [0.25, 0.3) is 0 Å². The summed E-state index contributed by atoms with van der Waals surface area (Å²) < 4.78 is 1.76. The quantitative estimate of drug-likeness (QED) is 0.561. The zero-order chi connectivity index (χ0) is 20.8. The summed E-state index contributed by atoms with van der Waals surface area (Å²) in [4.78, 5) is 24.3. The van der Waals surface area contributed by atoms with Gasteiger partial charge in [-0.05, 0) is 36.8 Å². The summed E-state index contributed by atoms with van der Waals surface area (Å²) in [6.07, 6.45) is 0. The van der Waals surface area contributed by atoms with Crippen molar-refractivity contribution in [1.82, 2.24) is 20.1 Å². The Morgan fingerprint density at radius 2 is 1.90 bits per heavy atom. The Morgan fingerprint density at radius 1 is 1.14 bits per heavy atom. The number of thioether (sulfide) groups is 1. The third-order valence-corrected chi connectivity index (χ3v) is 5.58. The molecule has 0 fully saturated rings. The van der Waals surface area contributed by atoms with Gasteiger partial charge < -0.3 is 15.2 Å². The van der Waals surface area contributed by atoms with Gasteiger partial charge in [0.25, 0.3) is 5.91 Å². The summed E-state index contributed by atoms with van der Waals surface area (Å²) in [6, 6.07) is 14.3. The zero-order valence-corrected chi connectivity index (χ0v) is 17.5. The monoisotopic (exact) mass is 429 g/mol. The Kier molecular flexibility index (Phi) is 6.90. The molecule has 0 aliphatic rings. The standard InChI is InChI=1S/C20H20ClN5O2S/c1-13-8-9-15(10-16(13)21)23-18(27)12-29-20-25-24-17(26(20)2)11-22-19(28)14-6-4-3-5-7-14/h3-10H,11-12H2,1-2H3,(H,22,28)(H,23,27). The lowest BCUT2D eigenvalue weighted by Crippen LogP contribution is -2.24. The number of amides is 2. The van der Waals surface area contributed by atoms with Gasteiger partial charge >= 0.3 is 0 Å². The predicted octanol–water partition coefficient (Wildman–Crippen LogP) is 3.44. The van der Waals surface area contributed by atoms with Crippen LogP contribution in [0.3, 0.4) is 0 Å². The minimum absolute atomic E-state index is 0.170. The number of anilines is 1. The molecule has 3 aromatic rings. The number of rotatable bonds is 7. The van der Waals surface area contributed by atoms with Crippen LogP contribution in [0.4, 0.5) is 5.69 Å². The van der Waals surface area contributed by atoms with Crippen molar-refractivity contribution in [3.05, 3.63) is 70.5 Å². The average Bonchev–Trinajstić information content (AvgIpc) is 3.07. The first-order valence-corrected chi connectivity index (χ1v) is 10.2. The number of benzene rings is 2. The Hall–Kier alpha value is -2.84. The highest BCUT2D eigenvalue weighted by molar-refractivity contribution is 7.99. The van der Waals surface area contributed by atoms with Gasteiger partial charge in [0.05, 0.1) is 12.3 Å². The van der Waals surface area contributed by atoms with Crippen LogP contribution in [-0.2, 0) is 18.4 Å². The normalized spacial score (nSPS) is 10.6. The van der Waals surface area contributed by atoms with E-state index in [1.165, 1.54) is 11.8 Å². The fourth-order valence-corrected chi connectivity index (χ4v) is 3.38. The van der Waals surface area contributed by atoms with Crippen LogP contribution in [0, 0.1) is 6.92 Å². The van der Waals surface area contributed by atoms with Crippen LogP contribution in [0.1, 0.15) is 21.7 Å². The van der Waals surface area contributed by atoms with Crippen LogP contribution in [0.5, 0.6) is 0 Å². The van der Waals surface area contributed by atoms with Gasteiger partial charge in [-0.1, -0.05) is 47.6 Å². The summed E-state index contributed by atoms with van der Waals surface area (Å²) in [5.41, 5.74) is 2.18. The lowest BCUT2D eigenvalue weighted by Gasteiger charge is -2.07. The number of nitrogens with one attached hydrogen (secondary N) is 2. The van der Waals surface area contributed by atoms with Crippen LogP contribution in [-0.4, -0.2) is 32.3 Å². The molecular formula is C20H20ClN5O2S. The Labute approximate surface area is 177 Å². The van der Waals surface area contributed by atoms with E-state index in [1.807, 2.05) is 31.2 Å². The summed E-state index contributed by atoms with van der Waals surface area (Å²) >= 11 is 7.34. The molecule has 9 heteroatoms. The van der Waals surface area contributed by atoms with Gasteiger partial charge in [0, 0.05) is 23.3 Å². The van der Waals surface area contributed by atoms with Crippen LogP contribution in [0.15, 0.2) is 53.7 Å². The molecule has 0 aliphatic heterocycles. The van der Waals surface area contributed by atoms with Gasteiger partial charge in [0.1, 0.15) is 0 Å². The van der Waals surface area contributed by atoms with Gasteiger partial charge in [-0.25, -0.2) is 0 Å². The number of aromatic nitrogens is 3. The molecule has 2 aromatic carbocycles. The van der Waals surface area contributed by atoms with E-state index in [0.717, 1.165) is 5.56 Å². The molecule has 0 saturated heterocycles. The highest BCUT2D eigenvalue weighted by Crippen LogP contribution is 2.21. The SMILES string of the molecule is Cc1ccc(NC(=O)CSc2nnc(CNC(=O)c3ccccc3)n2C)cc1Cl. The Bertz CT molecular complexity index is 1020. The largest absolute Gasteiger partial charge is 0.345 e. The molecule has 1 heterocycles. The first-order chi connectivity index (χ1) is 13.9. The lowest BCUT2D eigenvalue weighted by atomic mass is 10.2. The number of hydrogen-bond acceptors (Lipinski definition) is 5. The second-order valence-corrected chi connectivity index (χ2v) is 7.66. The maximum Gasteiger partial charge on any atom is 0.251 e. The van der Waals surface area contributed by atoms with E-state index in [4.69, 9.17) is 11.6 Å². The molecular weight excluding hydrogens is 410 g/mol. The summed E-state index contributed by atoms with van der Waals surface area (Å²) in [5.74, 6) is 0.423. The topological polar surface area (TPSA) is 88.9 Å². The fraction of sp³-hybridized carbons (Fsp3) is 0.200. The molecule has 0 radical (unpaired) electrons. The Morgan fingerprint density at radius 3 is 2.62 bits per heavy atom. The molecule has 0 saturated carbocycles. The first-order valence-electron chi connectivity index (χ1n) is 8.84. The smallest absolute Gasteiger partial charge is 0.251 e. The zero-order valence-electron chi connectivity index (χ0n) is 16.0. The molecule has 29 heavy (non-hydrogen) atoms. The van der Waals surface area contributed by atoms with Gasteiger partial charge in [0.2, 0.25) is 5.91 Å². The maximum absolute atomic E-state index is 12.2. The fourth-order valence-electron chi connectivity index (χ4n) is 2.47. The second kappa shape index (κ2) is 9.58. The summed E-state index contributed by atoms with van der Waals surface area (Å²) in [6.45, 7) is 2.14. The molecule has 3 rings (SSSR count). The Balaban J connectivity index is 1.52. The van der Waals surface area contributed by atoms with E-state index in [1.54, 1.807) is 35.9 Å². The van der Waals surface area contributed by atoms with Crippen molar-refractivity contribution in [2.45, 2.75) is 18.6 Å². The van der Waals surface area contributed by atoms with Crippen LogP contribution >= 0.6 is 23.4 Å². The second-order valence-electron chi connectivity index (χ2n) is 6.31. The van der Waals surface area contributed by atoms with Crippen molar-refractivity contribution in [2.75, 3.05) is 11.1 Å². The lowest BCUT2D eigenvalue weighted by molar-refractivity contribution is -0.113.